The summed E-state index contributed by atoms with van der Waals surface area (Å²) in [6, 6.07) is -0.816. The zero-order valence-electron chi connectivity index (χ0n) is 58.8. The van der Waals surface area contributed by atoms with E-state index in [9.17, 15) is 30.3 Å². The van der Waals surface area contributed by atoms with E-state index in [1.165, 1.54) is 212 Å². The Morgan fingerprint density at radius 3 is 1.01 bits per heavy atom. The first-order valence-electron chi connectivity index (χ1n) is 38.3. The minimum atomic E-state index is -1.57. The highest BCUT2D eigenvalue weighted by Crippen LogP contribution is 2.23. The summed E-state index contributed by atoms with van der Waals surface area (Å²) in [5.41, 5.74) is 0. The molecule has 9 heteroatoms. The Morgan fingerprint density at radius 1 is 0.385 bits per heavy atom. The lowest BCUT2D eigenvalue weighted by atomic mass is 9.99. The lowest BCUT2D eigenvalue weighted by Crippen LogP contribution is -2.60. The van der Waals surface area contributed by atoms with Crippen molar-refractivity contribution in [1.29, 1.82) is 0 Å². The Morgan fingerprint density at radius 2 is 0.681 bits per heavy atom. The Balaban J connectivity index is 2.12. The molecule has 7 atom stereocenters. The Kier molecular flexibility index (Phi) is 65.3. The summed E-state index contributed by atoms with van der Waals surface area (Å²) in [5, 5.41) is 54.9. The molecule has 1 amide bonds. The topological polar surface area (TPSA) is 149 Å². The van der Waals surface area contributed by atoms with E-state index in [1.807, 2.05) is 6.08 Å². The molecule has 1 fully saturated rings. The minimum absolute atomic E-state index is 0.180. The second-order valence-corrected chi connectivity index (χ2v) is 26.1. The van der Waals surface area contributed by atoms with Crippen molar-refractivity contribution in [2.75, 3.05) is 13.2 Å². The van der Waals surface area contributed by atoms with E-state index < -0.39 is 49.5 Å². The first kappa shape index (κ1) is 85.6. The molecule has 0 radical (unpaired) electrons. The molecule has 1 heterocycles. The number of carbonyl (C=O) groups excluding carboxylic acids is 1. The van der Waals surface area contributed by atoms with Crippen molar-refractivity contribution in [3.63, 3.8) is 0 Å². The summed E-state index contributed by atoms with van der Waals surface area (Å²) < 4.78 is 11.3. The highest BCUT2D eigenvalue weighted by atomic mass is 16.7. The van der Waals surface area contributed by atoms with Crippen LogP contribution in [0, 0.1) is 0 Å². The number of ether oxygens (including phenoxy) is 2. The molecule has 0 aromatic carbocycles. The van der Waals surface area contributed by atoms with Crippen LogP contribution in [0.3, 0.4) is 0 Å². The van der Waals surface area contributed by atoms with Gasteiger partial charge >= 0.3 is 0 Å². The number of nitrogens with one attached hydrogen (secondary N) is 1. The minimum Gasteiger partial charge on any atom is -0.394 e. The zero-order chi connectivity index (χ0) is 65.7. The molecule has 0 spiro atoms. The van der Waals surface area contributed by atoms with Crippen LogP contribution in [0.4, 0.5) is 0 Å². The summed E-state index contributed by atoms with van der Waals surface area (Å²) in [5.74, 6) is -0.180. The number of carbonyl (C=O) groups is 1. The quantitative estimate of drug-likeness (QED) is 0.0261. The van der Waals surface area contributed by atoms with Crippen LogP contribution in [0.25, 0.3) is 0 Å². The smallest absolute Gasteiger partial charge is 0.220 e. The predicted molar refractivity (Wildman–Crippen MR) is 391 cm³/mol. The van der Waals surface area contributed by atoms with Crippen LogP contribution >= 0.6 is 0 Å². The SMILES string of the molecule is CC/C=C\C/C=C\C/C=C\C/C=C\C/C=C\C/C=C\C/C=C\C/C=C\C/C=C\CCCCCCCCCCCCCC(=O)NC(COC1OC(CO)C(O)C(O)C1O)C(O)/C=C/CCCCCCCCCCCCCCCCCCCCCCCCCCCCC. The zero-order valence-corrected chi connectivity index (χ0v) is 58.8. The fourth-order valence-electron chi connectivity index (χ4n) is 11.6. The highest BCUT2D eigenvalue weighted by molar-refractivity contribution is 5.76. The van der Waals surface area contributed by atoms with Crippen LogP contribution in [-0.4, -0.2) is 87.5 Å². The number of unbranched alkanes of at least 4 members (excludes halogenated alkanes) is 38. The second kappa shape index (κ2) is 69.4. The summed E-state index contributed by atoms with van der Waals surface area (Å²) in [4.78, 5) is 13.2. The Bertz CT molecular complexity index is 1860. The van der Waals surface area contributed by atoms with E-state index in [1.54, 1.807) is 6.08 Å². The van der Waals surface area contributed by atoms with Gasteiger partial charge in [-0.3, -0.25) is 4.79 Å². The maximum Gasteiger partial charge on any atom is 0.220 e. The van der Waals surface area contributed by atoms with Crippen molar-refractivity contribution in [1.82, 2.24) is 5.32 Å². The van der Waals surface area contributed by atoms with E-state index in [4.69, 9.17) is 9.47 Å². The molecular formula is C82H143NO8. The predicted octanol–water partition coefficient (Wildman–Crippen LogP) is 21.8. The molecule has 6 N–H and O–H groups in total. The molecule has 7 unspecified atom stereocenters. The monoisotopic (exact) mass is 1270 g/mol. The fraction of sp³-hybridized carbons (Fsp3) is 0.744. The third kappa shape index (κ3) is 57.7. The van der Waals surface area contributed by atoms with Crippen LogP contribution in [-0.2, 0) is 14.3 Å². The molecule has 9 nitrogen and oxygen atoms in total. The van der Waals surface area contributed by atoms with E-state index in [-0.39, 0.29) is 12.5 Å². The van der Waals surface area contributed by atoms with Crippen molar-refractivity contribution in [3.05, 3.63) is 122 Å². The van der Waals surface area contributed by atoms with Crippen molar-refractivity contribution in [3.8, 4) is 0 Å². The van der Waals surface area contributed by atoms with Crippen LogP contribution in [0.5, 0.6) is 0 Å². The Labute approximate surface area is 560 Å². The molecule has 1 rings (SSSR count). The van der Waals surface area contributed by atoms with Gasteiger partial charge in [0, 0.05) is 6.42 Å². The summed E-state index contributed by atoms with van der Waals surface area (Å²) in [6.07, 6.45) is 97.4. The lowest BCUT2D eigenvalue weighted by molar-refractivity contribution is -0.302. The van der Waals surface area contributed by atoms with Gasteiger partial charge in [-0.05, 0) is 89.9 Å². The van der Waals surface area contributed by atoms with Gasteiger partial charge < -0.3 is 40.3 Å². The summed E-state index contributed by atoms with van der Waals surface area (Å²) in [7, 11) is 0. The van der Waals surface area contributed by atoms with Crippen molar-refractivity contribution >= 4 is 5.91 Å². The molecule has 0 bridgehead atoms. The third-order valence-corrected chi connectivity index (χ3v) is 17.5. The number of amides is 1. The normalized spacial score (nSPS) is 18.4. The molecule has 1 aliphatic heterocycles. The second-order valence-electron chi connectivity index (χ2n) is 26.1. The van der Waals surface area contributed by atoms with Crippen molar-refractivity contribution in [2.45, 2.75) is 378 Å². The molecule has 0 saturated carbocycles. The molecular weight excluding hydrogens is 1130 g/mol. The highest BCUT2D eigenvalue weighted by Gasteiger charge is 2.44. The van der Waals surface area contributed by atoms with E-state index in [0.717, 1.165) is 103 Å². The number of aliphatic hydroxyl groups excluding tert-OH is 5. The van der Waals surface area contributed by atoms with Crippen LogP contribution in [0.15, 0.2) is 122 Å². The average Bonchev–Trinajstić information content (AvgIpc) is 1.33. The Hall–Kier alpha value is -3.41. The molecule has 1 aliphatic rings. The molecule has 524 valence electrons. The largest absolute Gasteiger partial charge is 0.394 e. The van der Waals surface area contributed by atoms with E-state index in [0.29, 0.717) is 6.42 Å². The average molecular weight is 1270 g/mol. The van der Waals surface area contributed by atoms with Gasteiger partial charge in [0.1, 0.15) is 24.4 Å². The number of rotatable bonds is 66. The molecule has 0 aromatic heterocycles. The molecule has 91 heavy (non-hydrogen) atoms. The standard InChI is InChI=1S/C82H143NO8/c1-3-5-7-9-11-13-15-17-19-21-23-25-27-29-31-33-34-35-36-37-38-39-40-41-42-44-46-48-50-52-54-56-58-60-62-64-66-68-70-72-78(86)83-75(74-90-82-81(89)80(88)79(87)77(73-84)91-82)76(85)71-69-67-65-63-61-59-57-55-53-51-49-47-45-43-32-30-28-26-24-22-20-18-16-14-12-10-8-6-4-2/h5,7,11,13,17,19,23,25,29,31,34-35,37-38,40-41,44,46,69,71,75-77,79-82,84-85,87-89H,3-4,6,8-10,12,14-16,18,20-22,24,26-28,30,32-33,36,39,42-43,45,47-68,70,72-74H2,1-2H3,(H,83,86)/b7-5-,13-11-,19-17-,25-23-,31-29-,35-34-,38-37-,41-40-,46-44-,71-69+. The van der Waals surface area contributed by atoms with Crippen LogP contribution < -0.4 is 5.32 Å². The molecule has 0 aromatic rings. The van der Waals surface area contributed by atoms with Gasteiger partial charge in [-0.15, -0.1) is 0 Å². The van der Waals surface area contributed by atoms with Gasteiger partial charge in [0.05, 0.1) is 25.4 Å². The van der Waals surface area contributed by atoms with Gasteiger partial charge in [0.25, 0.3) is 0 Å². The molecule has 0 aliphatic carbocycles. The van der Waals surface area contributed by atoms with Gasteiger partial charge in [0.2, 0.25) is 5.91 Å². The van der Waals surface area contributed by atoms with Crippen LogP contribution in [0.2, 0.25) is 0 Å². The maximum absolute atomic E-state index is 13.2. The third-order valence-electron chi connectivity index (χ3n) is 17.5. The van der Waals surface area contributed by atoms with Gasteiger partial charge in [0.15, 0.2) is 6.29 Å². The number of hydrogen-bond acceptors (Lipinski definition) is 8. The van der Waals surface area contributed by atoms with Gasteiger partial charge in [-0.25, -0.2) is 0 Å². The van der Waals surface area contributed by atoms with Gasteiger partial charge in [-0.1, -0.05) is 360 Å². The van der Waals surface area contributed by atoms with E-state index >= 15 is 0 Å². The lowest BCUT2D eigenvalue weighted by Gasteiger charge is -2.40. The van der Waals surface area contributed by atoms with E-state index in [2.05, 4.69) is 129 Å². The van der Waals surface area contributed by atoms with Gasteiger partial charge in [-0.2, -0.15) is 0 Å². The number of aliphatic hydroxyl groups is 5. The fourth-order valence-corrected chi connectivity index (χ4v) is 11.6. The summed E-state index contributed by atoms with van der Waals surface area (Å²) in [6.45, 7) is 3.70. The first-order chi connectivity index (χ1) is 44.8. The van der Waals surface area contributed by atoms with Crippen molar-refractivity contribution in [2.24, 2.45) is 0 Å². The maximum atomic E-state index is 13.2. The number of hydrogen-bond donors (Lipinski definition) is 6. The van der Waals surface area contributed by atoms with Crippen LogP contribution in [0.1, 0.15) is 335 Å². The van der Waals surface area contributed by atoms with Crippen molar-refractivity contribution < 1.29 is 39.8 Å². The molecule has 1 saturated heterocycles. The summed E-state index contributed by atoms with van der Waals surface area (Å²) >= 11 is 0. The number of allylic oxidation sites excluding steroid dienone is 19. The first-order valence-corrected chi connectivity index (χ1v) is 38.3.